The minimum atomic E-state index is -4.08. The molecule has 0 unspecified atom stereocenters. The smallest absolute Gasteiger partial charge is 0.271 e. The predicted molar refractivity (Wildman–Crippen MR) is 82.0 cm³/mol. The maximum atomic E-state index is 12.7. The molecular weight excluding hydrogens is 318 g/mol. The molecule has 0 aliphatic carbocycles. The highest BCUT2D eigenvalue weighted by molar-refractivity contribution is 7.90. The molecular formula is C16H13NO5S. The van der Waals surface area contributed by atoms with Crippen LogP contribution in [-0.2, 0) is 10.0 Å². The van der Waals surface area contributed by atoms with E-state index < -0.39 is 28.3 Å². The van der Waals surface area contributed by atoms with Crippen LogP contribution in [0.4, 0.5) is 0 Å². The maximum absolute atomic E-state index is 12.7. The summed E-state index contributed by atoms with van der Waals surface area (Å²) >= 11 is 0. The minimum absolute atomic E-state index is 0.0887. The molecule has 0 fully saturated rings. The first kappa shape index (κ1) is 15.2. The van der Waals surface area contributed by atoms with Crippen LogP contribution in [0.3, 0.4) is 0 Å². The van der Waals surface area contributed by atoms with Crippen molar-refractivity contribution in [1.29, 1.82) is 0 Å². The van der Waals surface area contributed by atoms with Gasteiger partial charge in [0.05, 0.1) is 17.6 Å². The number of nitrogens with zero attached hydrogens (tertiary/aromatic N) is 1. The number of Topliss-reactive ketones (excluding diaryl/α,β-unsaturated/α-hetero) is 1. The zero-order valence-corrected chi connectivity index (χ0v) is 13.0. The number of hydrogen-bond acceptors (Lipinski definition) is 5. The fourth-order valence-corrected chi connectivity index (χ4v) is 4.03. The van der Waals surface area contributed by atoms with Gasteiger partial charge in [-0.05, 0) is 24.3 Å². The Balaban J connectivity index is 2.11. The number of amides is 1. The normalized spacial score (nSPS) is 15.9. The minimum Gasteiger partial charge on any atom is -0.496 e. The number of rotatable bonds is 2. The number of benzene rings is 2. The van der Waals surface area contributed by atoms with Gasteiger partial charge in [0.2, 0.25) is 0 Å². The molecule has 118 valence electrons. The van der Waals surface area contributed by atoms with E-state index >= 15 is 0 Å². The number of methoxy groups -OCH3 is 1. The Labute approximate surface area is 133 Å². The van der Waals surface area contributed by atoms with Gasteiger partial charge in [0, 0.05) is 5.56 Å². The van der Waals surface area contributed by atoms with Crippen molar-refractivity contribution in [2.24, 2.45) is 0 Å². The highest BCUT2D eigenvalue weighted by Gasteiger charge is 2.39. The summed E-state index contributed by atoms with van der Waals surface area (Å²) in [5, 5.41) is 0. The fourth-order valence-electron chi connectivity index (χ4n) is 2.48. The van der Waals surface area contributed by atoms with E-state index in [4.69, 9.17) is 4.74 Å². The third-order valence-electron chi connectivity index (χ3n) is 3.61. The lowest BCUT2D eigenvalue weighted by Gasteiger charge is -2.27. The molecule has 1 aliphatic rings. The zero-order valence-electron chi connectivity index (χ0n) is 12.2. The van der Waals surface area contributed by atoms with E-state index in [0.717, 1.165) is 0 Å². The summed E-state index contributed by atoms with van der Waals surface area (Å²) in [6.07, 6.45) is 0. The van der Waals surface area contributed by atoms with Crippen LogP contribution in [0.1, 0.15) is 20.7 Å². The molecule has 0 saturated carbocycles. The average Bonchev–Trinajstić information content (AvgIpc) is 2.57. The molecule has 0 radical (unpaired) electrons. The highest BCUT2D eigenvalue weighted by atomic mass is 32.2. The van der Waals surface area contributed by atoms with E-state index in [1.807, 2.05) is 0 Å². The molecule has 0 saturated heterocycles. The van der Waals surface area contributed by atoms with Crippen LogP contribution in [0, 0.1) is 0 Å². The third-order valence-corrected chi connectivity index (χ3v) is 5.39. The molecule has 1 heterocycles. The second kappa shape index (κ2) is 5.51. The number of ether oxygens (including phenoxy) is 1. The SMILES string of the molecule is COc1ccccc1C(=O)N1CC(=O)c2ccccc2S1(=O)=O. The highest BCUT2D eigenvalue weighted by Crippen LogP contribution is 2.29. The summed E-state index contributed by atoms with van der Waals surface area (Å²) in [6.45, 7) is -0.518. The molecule has 2 aromatic rings. The van der Waals surface area contributed by atoms with Crippen LogP contribution in [0.25, 0.3) is 0 Å². The van der Waals surface area contributed by atoms with Crippen molar-refractivity contribution in [2.75, 3.05) is 13.7 Å². The Hall–Kier alpha value is -2.67. The molecule has 23 heavy (non-hydrogen) atoms. The van der Waals surface area contributed by atoms with Crippen molar-refractivity contribution in [3.05, 3.63) is 59.7 Å². The molecule has 0 spiro atoms. The van der Waals surface area contributed by atoms with Gasteiger partial charge in [0.15, 0.2) is 5.78 Å². The van der Waals surface area contributed by atoms with Crippen molar-refractivity contribution in [1.82, 2.24) is 4.31 Å². The van der Waals surface area contributed by atoms with Crippen molar-refractivity contribution in [3.63, 3.8) is 0 Å². The number of carbonyl (C=O) groups excluding carboxylic acids is 2. The zero-order chi connectivity index (χ0) is 16.6. The molecule has 1 aliphatic heterocycles. The fraction of sp³-hybridized carbons (Fsp3) is 0.125. The Morgan fingerprint density at radius 1 is 1.09 bits per heavy atom. The molecule has 2 aromatic carbocycles. The van der Waals surface area contributed by atoms with Crippen molar-refractivity contribution < 1.29 is 22.7 Å². The van der Waals surface area contributed by atoms with Crippen molar-refractivity contribution >= 4 is 21.7 Å². The van der Waals surface area contributed by atoms with E-state index in [1.54, 1.807) is 24.3 Å². The number of sulfonamides is 1. The largest absolute Gasteiger partial charge is 0.496 e. The number of ketones is 1. The van der Waals surface area contributed by atoms with E-state index in [1.165, 1.54) is 31.4 Å². The second-order valence-electron chi connectivity index (χ2n) is 4.94. The molecule has 6 nitrogen and oxygen atoms in total. The summed E-state index contributed by atoms with van der Waals surface area (Å²) in [5.74, 6) is -0.956. The number of para-hydroxylation sites is 1. The molecule has 3 rings (SSSR count). The first-order chi connectivity index (χ1) is 11.0. The van der Waals surface area contributed by atoms with Crippen LogP contribution in [-0.4, -0.2) is 38.1 Å². The Morgan fingerprint density at radius 2 is 1.74 bits per heavy atom. The van der Waals surface area contributed by atoms with Gasteiger partial charge in [-0.3, -0.25) is 9.59 Å². The van der Waals surface area contributed by atoms with Crippen molar-refractivity contribution in [3.8, 4) is 5.75 Å². The van der Waals surface area contributed by atoms with Crippen LogP contribution in [0.5, 0.6) is 5.75 Å². The van der Waals surface area contributed by atoms with Gasteiger partial charge in [-0.1, -0.05) is 24.3 Å². The average molecular weight is 331 g/mol. The maximum Gasteiger partial charge on any atom is 0.271 e. The van der Waals surface area contributed by atoms with E-state index in [9.17, 15) is 18.0 Å². The van der Waals surface area contributed by atoms with E-state index in [2.05, 4.69) is 0 Å². The molecule has 0 atom stereocenters. The first-order valence-electron chi connectivity index (χ1n) is 6.79. The van der Waals surface area contributed by atoms with Gasteiger partial charge in [0.25, 0.3) is 15.9 Å². The third kappa shape index (κ3) is 2.39. The van der Waals surface area contributed by atoms with Gasteiger partial charge in [0.1, 0.15) is 12.3 Å². The lowest BCUT2D eigenvalue weighted by Crippen LogP contribution is -2.44. The van der Waals surface area contributed by atoms with Crippen LogP contribution in [0.15, 0.2) is 53.4 Å². The molecule has 0 N–H and O–H groups in total. The van der Waals surface area contributed by atoms with Gasteiger partial charge in [-0.15, -0.1) is 0 Å². The first-order valence-corrected chi connectivity index (χ1v) is 8.23. The van der Waals surface area contributed by atoms with Crippen LogP contribution >= 0.6 is 0 Å². The molecule has 0 bridgehead atoms. The number of fused-ring (bicyclic) bond motifs is 1. The quantitative estimate of drug-likeness (QED) is 0.837. The summed E-state index contributed by atoms with van der Waals surface area (Å²) in [7, 11) is -2.69. The number of hydrogen-bond donors (Lipinski definition) is 0. The molecule has 7 heteroatoms. The summed E-state index contributed by atoms with van der Waals surface area (Å²) in [4.78, 5) is 24.7. The summed E-state index contributed by atoms with van der Waals surface area (Å²) < 4.78 is 31.0. The Bertz CT molecular complexity index is 904. The number of carbonyl (C=O) groups is 2. The lowest BCUT2D eigenvalue weighted by molar-refractivity contribution is 0.0801. The Morgan fingerprint density at radius 3 is 2.48 bits per heavy atom. The summed E-state index contributed by atoms with van der Waals surface area (Å²) in [5.41, 5.74) is 0.197. The van der Waals surface area contributed by atoms with E-state index in [-0.39, 0.29) is 21.8 Å². The van der Waals surface area contributed by atoms with Crippen LogP contribution in [0.2, 0.25) is 0 Å². The monoisotopic (exact) mass is 331 g/mol. The van der Waals surface area contributed by atoms with E-state index in [0.29, 0.717) is 4.31 Å². The Kier molecular flexibility index (Phi) is 3.65. The standard InChI is InChI=1S/C16H13NO5S/c1-22-14-8-4-2-7-12(14)16(19)17-10-13(18)11-6-3-5-9-15(11)23(17,20)21/h2-9H,10H2,1H3. The van der Waals surface area contributed by atoms with Gasteiger partial charge >= 0.3 is 0 Å². The molecule has 0 aromatic heterocycles. The van der Waals surface area contributed by atoms with Gasteiger partial charge in [-0.25, -0.2) is 12.7 Å². The second-order valence-corrected chi connectivity index (χ2v) is 6.77. The van der Waals surface area contributed by atoms with Gasteiger partial charge < -0.3 is 4.74 Å². The topological polar surface area (TPSA) is 80.8 Å². The molecule has 1 amide bonds. The van der Waals surface area contributed by atoms with Crippen molar-refractivity contribution in [2.45, 2.75) is 4.90 Å². The van der Waals surface area contributed by atoms with Crippen LogP contribution < -0.4 is 4.74 Å². The predicted octanol–water partition coefficient (Wildman–Crippen LogP) is 1.72. The summed E-state index contributed by atoms with van der Waals surface area (Å²) in [6, 6.07) is 12.2. The van der Waals surface area contributed by atoms with Gasteiger partial charge in [-0.2, -0.15) is 0 Å². The lowest BCUT2D eigenvalue weighted by atomic mass is 10.1.